The standard InChI is InChI=1S/C17H17N3O4S/c1-22-10-7-8-11(13(9-10)24-3)18-16(21)20-17-19-15-12(23-2)5-4-6-14(15)25-17/h4-9H,1-3H3,(H2,18,19,20,21). The third-order valence-electron chi connectivity index (χ3n) is 3.48. The van der Waals surface area contributed by atoms with Crippen molar-refractivity contribution in [3.63, 3.8) is 0 Å². The van der Waals surface area contributed by atoms with E-state index in [1.54, 1.807) is 32.4 Å². The molecule has 8 heteroatoms. The lowest BCUT2D eigenvalue weighted by molar-refractivity contribution is 0.262. The topological polar surface area (TPSA) is 81.7 Å². The number of benzene rings is 2. The van der Waals surface area contributed by atoms with Gasteiger partial charge in [-0.25, -0.2) is 9.78 Å². The van der Waals surface area contributed by atoms with Crippen molar-refractivity contribution in [2.45, 2.75) is 0 Å². The molecule has 0 fully saturated rings. The highest BCUT2D eigenvalue weighted by atomic mass is 32.1. The lowest BCUT2D eigenvalue weighted by atomic mass is 10.2. The van der Waals surface area contributed by atoms with Gasteiger partial charge in [-0.1, -0.05) is 17.4 Å². The summed E-state index contributed by atoms with van der Waals surface area (Å²) in [5.41, 5.74) is 1.24. The Hall–Kier alpha value is -3.00. The number of ether oxygens (including phenoxy) is 3. The summed E-state index contributed by atoms with van der Waals surface area (Å²) >= 11 is 1.37. The van der Waals surface area contributed by atoms with Crippen LogP contribution in [-0.2, 0) is 0 Å². The average molecular weight is 359 g/mol. The van der Waals surface area contributed by atoms with Gasteiger partial charge < -0.3 is 19.5 Å². The molecule has 0 bridgehead atoms. The maximum atomic E-state index is 12.3. The monoisotopic (exact) mass is 359 g/mol. The maximum Gasteiger partial charge on any atom is 0.325 e. The number of nitrogens with one attached hydrogen (secondary N) is 2. The summed E-state index contributed by atoms with van der Waals surface area (Å²) in [5.74, 6) is 1.81. The molecule has 0 aliphatic carbocycles. The summed E-state index contributed by atoms with van der Waals surface area (Å²) < 4.78 is 16.6. The number of hydrogen-bond acceptors (Lipinski definition) is 6. The molecule has 25 heavy (non-hydrogen) atoms. The number of carbonyl (C=O) groups is 1. The Balaban J connectivity index is 1.77. The van der Waals surface area contributed by atoms with Crippen LogP contribution in [0.15, 0.2) is 36.4 Å². The minimum absolute atomic E-state index is 0.415. The van der Waals surface area contributed by atoms with Crippen LogP contribution in [0.3, 0.4) is 0 Å². The van der Waals surface area contributed by atoms with Crippen LogP contribution in [0.4, 0.5) is 15.6 Å². The van der Waals surface area contributed by atoms with Crippen molar-refractivity contribution in [2.24, 2.45) is 0 Å². The molecule has 3 aromatic rings. The van der Waals surface area contributed by atoms with Crippen molar-refractivity contribution in [2.75, 3.05) is 32.0 Å². The minimum atomic E-state index is -0.415. The Bertz CT molecular complexity index is 910. The largest absolute Gasteiger partial charge is 0.497 e. The fourth-order valence-electron chi connectivity index (χ4n) is 2.29. The Morgan fingerprint density at radius 3 is 2.52 bits per heavy atom. The highest BCUT2D eigenvalue weighted by molar-refractivity contribution is 7.22. The van der Waals surface area contributed by atoms with Gasteiger partial charge in [0.1, 0.15) is 22.8 Å². The fourth-order valence-corrected chi connectivity index (χ4v) is 3.17. The normalized spacial score (nSPS) is 10.4. The van der Waals surface area contributed by atoms with E-state index < -0.39 is 6.03 Å². The van der Waals surface area contributed by atoms with E-state index in [-0.39, 0.29) is 0 Å². The lowest BCUT2D eigenvalue weighted by Crippen LogP contribution is -2.19. The van der Waals surface area contributed by atoms with Crippen molar-refractivity contribution in [3.05, 3.63) is 36.4 Å². The summed E-state index contributed by atoms with van der Waals surface area (Å²) in [6.07, 6.45) is 0. The number of fused-ring (bicyclic) bond motifs is 1. The van der Waals surface area contributed by atoms with E-state index in [1.807, 2.05) is 18.2 Å². The molecule has 2 amide bonds. The molecular formula is C17H17N3O4S. The highest BCUT2D eigenvalue weighted by Gasteiger charge is 2.13. The summed E-state index contributed by atoms with van der Waals surface area (Å²) in [4.78, 5) is 16.7. The summed E-state index contributed by atoms with van der Waals surface area (Å²) in [5, 5.41) is 5.94. The van der Waals surface area contributed by atoms with Gasteiger partial charge in [-0.05, 0) is 24.3 Å². The molecular weight excluding hydrogens is 342 g/mol. The number of thiazole rings is 1. The molecule has 3 rings (SSSR count). The second kappa shape index (κ2) is 7.27. The van der Waals surface area contributed by atoms with Crippen molar-refractivity contribution in [3.8, 4) is 17.2 Å². The molecule has 0 unspecified atom stereocenters. The SMILES string of the molecule is COc1ccc(NC(=O)Nc2nc3c(OC)cccc3s2)c(OC)c1. The molecule has 1 heterocycles. The fraction of sp³-hybridized carbons (Fsp3) is 0.176. The average Bonchev–Trinajstić information content (AvgIpc) is 3.04. The second-order valence-corrected chi connectivity index (χ2v) is 6.00. The van der Waals surface area contributed by atoms with Crippen molar-refractivity contribution in [1.82, 2.24) is 4.98 Å². The van der Waals surface area contributed by atoms with Gasteiger partial charge in [0.05, 0.1) is 31.7 Å². The first-order valence-corrected chi connectivity index (χ1v) is 8.20. The minimum Gasteiger partial charge on any atom is -0.497 e. The number of carbonyl (C=O) groups excluding carboxylic acids is 1. The van der Waals surface area contributed by atoms with Gasteiger partial charge in [-0.2, -0.15) is 0 Å². The van der Waals surface area contributed by atoms with Gasteiger partial charge in [0.25, 0.3) is 0 Å². The van der Waals surface area contributed by atoms with E-state index in [0.29, 0.717) is 33.6 Å². The second-order valence-electron chi connectivity index (χ2n) is 4.97. The lowest BCUT2D eigenvalue weighted by Gasteiger charge is -2.11. The molecule has 0 atom stereocenters. The first-order valence-electron chi connectivity index (χ1n) is 7.38. The maximum absolute atomic E-state index is 12.3. The molecule has 2 N–H and O–H groups in total. The van der Waals surface area contributed by atoms with Crippen molar-refractivity contribution < 1.29 is 19.0 Å². The molecule has 2 aromatic carbocycles. The predicted octanol–water partition coefficient (Wildman–Crippen LogP) is 3.97. The van der Waals surface area contributed by atoms with Gasteiger partial charge in [0.2, 0.25) is 0 Å². The summed E-state index contributed by atoms with van der Waals surface area (Å²) in [7, 11) is 4.68. The number of nitrogens with zero attached hydrogens (tertiary/aromatic N) is 1. The van der Waals surface area contributed by atoms with Crippen LogP contribution in [0.2, 0.25) is 0 Å². The highest BCUT2D eigenvalue weighted by Crippen LogP contribution is 2.33. The Morgan fingerprint density at radius 1 is 1.00 bits per heavy atom. The number of methoxy groups -OCH3 is 3. The Kier molecular flexibility index (Phi) is 4.90. The molecule has 0 saturated heterocycles. The van der Waals surface area contributed by atoms with Crippen LogP contribution in [0.5, 0.6) is 17.2 Å². The van der Waals surface area contributed by atoms with Gasteiger partial charge >= 0.3 is 6.03 Å². The zero-order valence-electron chi connectivity index (χ0n) is 14.0. The number of amides is 2. The van der Waals surface area contributed by atoms with Crippen LogP contribution in [-0.4, -0.2) is 32.3 Å². The Morgan fingerprint density at radius 2 is 1.80 bits per heavy atom. The third-order valence-corrected chi connectivity index (χ3v) is 4.42. The Labute approximate surface area is 148 Å². The smallest absolute Gasteiger partial charge is 0.325 e. The number of rotatable bonds is 5. The quantitative estimate of drug-likeness (QED) is 0.720. The van der Waals surface area contributed by atoms with Crippen LogP contribution >= 0.6 is 11.3 Å². The molecule has 0 aliphatic heterocycles. The molecule has 0 spiro atoms. The van der Waals surface area contributed by atoms with Crippen LogP contribution in [0.25, 0.3) is 10.2 Å². The number of urea groups is 1. The van der Waals surface area contributed by atoms with E-state index in [0.717, 1.165) is 4.70 Å². The van der Waals surface area contributed by atoms with Crippen LogP contribution in [0, 0.1) is 0 Å². The summed E-state index contributed by atoms with van der Waals surface area (Å²) in [6, 6.07) is 10.4. The molecule has 0 saturated carbocycles. The number of para-hydroxylation sites is 1. The molecule has 0 aliphatic rings. The van der Waals surface area contributed by atoms with E-state index in [9.17, 15) is 4.79 Å². The van der Waals surface area contributed by atoms with Gasteiger partial charge in [-0.15, -0.1) is 0 Å². The van der Waals surface area contributed by atoms with Crippen molar-refractivity contribution in [1.29, 1.82) is 0 Å². The van der Waals surface area contributed by atoms with Crippen LogP contribution < -0.4 is 24.8 Å². The molecule has 7 nitrogen and oxygen atoms in total. The molecule has 130 valence electrons. The first kappa shape index (κ1) is 16.8. The van der Waals surface area contributed by atoms with E-state index in [1.165, 1.54) is 18.4 Å². The molecule has 1 aromatic heterocycles. The van der Waals surface area contributed by atoms with Gasteiger partial charge in [0, 0.05) is 6.07 Å². The number of anilines is 2. The molecule has 0 radical (unpaired) electrons. The zero-order valence-corrected chi connectivity index (χ0v) is 14.8. The predicted molar refractivity (Wildman–Crippen MR) is 98.4 cm³/mol. The van der Waals surface area contributed by atoms with Gasteiger partial charge in [-0.3, -0.25) is 5.32 Å². The zero-order chi connectivity index (χ0) is 17.8. The van der Waals surface area contributed by atoms with Crippen LogP contribution in [0.1, 0.15) is 0 Å². The van der Waals surface area contributed by atoms with Gasteiger partial charge in [0.15, 0.2) is 5.13 Å². The third kappa shape index (κ3) is 3.58. The first-order chi connectivity index (χ1) is 12.1. The van der Waals surface area contributed by atoms with E-state index in [4.69, 9.17) is 14.2 Å². The van der Waals surface area contributed by atoms with E-state index >= 15 is 0 Å². The van der Waals surface area contributed by atoms with Crippen molar-refractivity contribution >= 4 is 38.4 Å². The number of aromatic nitrogens is 1. The number of hydrogen-bond donors (Lipinski definition) is 2. The van der Waals surface area contributed by atoms with E-state index in [2.05, 4.69) is 15.6 Å². The summed E-state index contributed by atoms with van der Waals surface area (Å²) in [6.45, 7) is 0.